The molecule has 3 nitrogen and oxygen atoms in total. The molecule has 0 aromatic rings. The summed E-state index contributed by atoms with van der Waals surface area (Å²) >= 11 is 0. The van der Waals surface area contributed by atoms with E-state index in [1.54, 1.807) is 7.11 Å². The van der Waals surface area contributed by atoms with Crippen molar-refractivity contribution >= 4 is 0 Å². The first kappa shape index (κ1) is 12.9. The van der Waals surface area contributed by atoms with Gasteiger partial charge in [0.15, 0.2) is 0 Å². The van der Waals surface area contributed by atoms with Crippen LogP contribution in [0.3, 0.4) is 0 Å². The Balaban J connectivity index is 3.65. The Morgan fingerprint density at radius 2 is 2.08 bits per heavy atom. The standard InChI is InChI=1S/C10H24N2O/c1-4-5-7-12(8-6-11)9-10(2)13-3/h10H,4-9,11H2,1-3H3. The third-order valence-electron chi connectivity index (χ3n) is 2.19. The van der Waals surface area contributed by atoms with E-state index in [-0.39, 0.29) is 0 Å². The van der Waals surface area contributed by atoms with E-state index in [0.29, 0.717) is 6.10 Å². The van der Waals surface area contributed by atoms with E-state index in [1.165, 1.54) is 12.8 Å². The van der Waals surface area contributed by atoms with Crippen molar-refractivity contribution in [1.29, 1.82) is 0 Å². The summed E-state index contributed by atoms with van der Waals surface area (Å²) < 4.78 is 5.22. The number of methoxy groups -OCH3 is 1. The second-order valence-corrected chi connectivity index (χ2v) is 3.49. The first-order valence-electron chi connectivity index (χ1n) is 5.19. The van der Waals surface area contributed by atoms with Crippen molar-refractivity contribution < 1.29 is 4.74 Å². The van der Waals surface area contributed by atoms with E-state index < -0.39 is 0 Å². The molecule has 13 heavy (non-hydrogen) atoms. The summed E-state index contributed by atoms with van der Waals surface area (Å²) in [6, 6.07) is 0. The fourth-order valence-electron chi connectivity index (χ4n) is 1.30. The van der Waals surface area contributed by atoms with Crippen molar-refractivity contribution in [2.24, 2.45) is 5.73 Å². The zero-order valence-corrected chi connectivity index (χ0v) is 9.25. The summed E-state index contributed by atoms with van der Waals surface area (Å²) in [4.78, 5) is 2.37. The second-order valence-electron chi connectivity index (χ2n) is 3.49. The third kappa shape index (κ3) is 6.99. The van der Waals surface area contributed by atoms with Gasteiger partial charge in [0, 0.05) is 26.7 Å². The lowest BCUT2D eigenvalue weighted by Crippen LogP contribution is -2.36. The van der Waals surface area contributed by atoms with E-state index in [2.05, 4.69) is 18.7 Å². The molecule has 0 aliphatic rings. The quantitative estimate of drug-likeness (QED) is 0.619. The van der Waals surface area contributed by atoms with Crippen molar-refractivity contribution in [3.63, 3.8) is 0 Å². The molecule has 0 spiro atoms. The monoisotopic (exact) mass is 188 g/mol. The summed E-state index contributed by atoms with van der Waals surface area (Å²) in [5.74, 6) is 0. The number of ether oxygens (including phenoxy) is 1. The van der Waals surface area contributed by atoms with Gasteiger partial charge in [-0.25, -0.2) is 0 Å². The molecule has 0 heterocycles. The molecule has 80 valence electrons. The Bertz CT molecular complexity index is 109. The van der Waals surface area contributed by atoms with Gasteiger partial charge in [0.25, 0.3) is 0 Å². The highest BCUT2D eigenvalue weighted by molar-refractivity contribution is 4.62. The molecule has 0 aromatic carbocycles. The maximum absolute atomic E-state index is 5.54. The molecule has 1 unspecified atom stereocenters. The zero-order valence-electron chi connectivity index (χ0n) is 9.25. The van der Waals surface area contributed by atoms with E-state index in [9.17, 15) is 0 Å². The van der Waals surface area contributed by atoms with Crippen LogP contribution in [0.5, 0.6) is 0 Å². The lowest BCUT2D eigenvalue weighted by molar-refractivity contribution is 0.0775. The van der Waals surface area contributed by atoms with Gasteiger partial charge in [0.1, 0.15) is 0 Å². The van der Waals surface area contributed by atoms with Crippen molar-refractivity contribution in [2.45, 2.75) is 32.8 Å². The molecule has 0 bridgehead atoms. The molecule has 0 saturated carbocycles. The van der Waals surface area contributed by atoms with Crippen LogP contribution in [-0.2, 0) is 4.74 Å². The van der Waals surface area contributed by atoms with E-state index in [4.69, 9.17) is 10.5 Å². The molecule has 3 heteroatoms. The highest BCUT2D eigenvalue weighted by Gasteiger charge is 2.07. The Labute approximate surface area is 82.2 Å². The van der Waals surface area contributed by atoms with E-state index in [1.807, 2.05) is 0 Å². The Morgan fingerprint density at radius 1 is 1.38 bits per heavy atom. The van der Waals surface area contributed by atoms with E-state index in [0.717, 1.165) is 26.2 Å². The lowest BCUT2D eigenvalue weighted by atomic mass is 10.3. The molecule has 0 saturated heterocycles. The molecule has 0 rings (SSSR count). The molecular formula is C10H24N2O. The molecule has 0 fully saturated rings. The number of hydrogen-bond donors (Lipinski definition) is 1. The molecule has 0 aromatic heterocycles. The lowest BCUT2D eigenvalue weighted by Gasteiger charge is -2.24. The molecule has 0 aliphatic heterocycles. The van der Waals surface area contributed by atoms with Gasteiger partial charge < -0.3 is 10.5 Å². The van der Waals surface area contributed by atoms with E-state index >= 15 is 0 Å². The van der Waals surface area contributed by atoms with Crippen LogP contribution >= 0.6 is 0 Å². The van der Waals surface area contributed by atoms with Crippen LogP contribution < -0.4 is 5.73 Å². The molecule has 0 amide bonds. The number of nitrogens with two attached hydrogens (primary N) is 1. The largest absolute Gasteiger partial charge is 0.380 e. The van der Waals surface area contributed by atoms with Crippen molar-refractivity contribution in [1.82, 2.24) is 4.90 Å². The molecular weight excluding hydrogens is 164 g/mol. The number of hydrogen-bond acceptors (Lipinski definition) is 3. The number of nitrogens with zero attached hydrogens (tertiary/aromatic N) is 1. The SMILES string of the molecule is CCCCN(CCN)CC(C)OC. The number of rotatable bonds is 8. The summed E-state index contributed by atoms with van der Waals surface area (Å²) in [5, 5.41) is 0. The summed E-state index contributed by atoms with van der Waals surface area (Å²) in [6.45, 7) is 8.15. The minimum atomic E-state index is 0.309. The van der Waals surface area contributed by atoms with Gasteiger partial charge in [-0.2, -0.15) is 0 Å². The Hall–Kier alpha value is -0.120. The van der Waals surface area contributed by atoms with Gasteiger partial charge in [0.2, 0.25) is 0 Å². The zero-order chi connectivity index (χ0) is 10.1. The normalized spacial score (nSPS) is 13.6. The Kier molecular flexibility index (Phi) is 8.40. The van der Waals surface area contributed by atoms with Crippen LogP contribution in [0, 0.1) is 0 Å². The first-order valence-corrected chi connectivity index (χ1v) is 5.19. The average Bonchev–Trinajstić information content (AvgIpc) is 2.14. The summed E-state index contributed by atoms with van der Waals surface area (Å²) in [6.07, 6.45) is 2.79. The second kappa shape index (κ2) is 8.48. The number of unbranched alkanes of at least 4 members (excludes halogenated alkanes) is 1. The van der Waals surface area contributed by atoms with Crippen molar-refractivity contribution in [2.75, 3.05) is 33.3 Å². The van der Waals surface area contributed by atoms with Gasteiger partial charge in [-0.3, -0.25) is 4.90 Å². The van der Waals surface area contributed by atoms with Crippen LogP contribution in [-0.4, -0.2) is 44.3 Å². The van der Waals surface area contributed by atoms with Gasteiger partial charge >= 0.3 is 0 Å². The fourth-order valence-corrected chi connectivity index (χ4v) is 1.30. The maximum Gasteiger partial charge on any atom is 0.0670 e. The van der Waals surface area contributed by atoms with Crippen LogP contribution in [0.25, 0.3) is 0 Å². The first-order chi connectivity index (χ1) is 6.24. The predicted molar refractivity (Wildman–Crippen MR) is 56.9 cm³/mol. The fraction of sp³-hybridized carbons (Fsp3) is 1.00. The minimum Gasteiger partial charge on any atom is -0.380 e. The highest BCUT2D eigenvalue weighted by atomic mass is 16.5. The van der Waals surface area contributed by atoms with Crippen molar-refractivity contribution in [3.05, 3.63) is 0 Å². The van der Waals surface area contributed by atoms with Crippen molar-refractivity contribution in [3.8, 4) is 0 Å². The summed E-state index contributed by atoms with van der Waals surface area (Å²) in [5.41, 5.74) is 5.54. The van der Waals surface area contributed by atoms with Gasteiger partial charge in [-0.1, -0.05) is 13.3 Å². The third-order valence-corrected chi connectivity index (χ3v) is 2.19. The van der Waals surface area contributed by atoms with Crippen LogP contribution in [0.15, 0.2) is 0 Å². The predicted octanol–water partition coefficient (Wildman–Crippen LogP) is 1.08. The minimum absolute atomic E-state index is 0.309. The van der Waals surface area contributed by atoms with Gasteiger partial charge in [0.05, 0.1) is 6.10 Å². The molecule has 2 N–H and O–H groups in total. The topological polar surface area (TPSA) is 38.5 Å². The van der Waals surface area contributed by atoms with Gasteiger partial charge in [-0.05, 0) is 19.9 Å². The smallest absolute Gasteiger partial charge is 0.0670 e. The maximum atomic E-state index is 5.54. The van der Waals surface area contributed by atoms with Crippen LogP contribution in [0.2, 0.25) is 0 Å². The van der Waals surface area contributed by atoms with Gasteiger partial charge in [-0.15, -0.1) is 0 Å². The average molecular weight is 188 g/mol. The molecule has 1 atom stereocenters. The van der Waals surface area contributed by atoms with Crippen LogP contribution in [0.1, 0.15) is 26.7 Å². The molecule has 0 aliphatic carbocycles. The Morgan fingerprint density at radius 3 is 2.54 bits per heavy atom. The summed E-state index contributed by atoms with van der Waals surface area (Å²) in [7, 11) is 1.76. The van der Waals surface area contributed by atoms with Crippen LogP contribution in [0.4, 0.5) is 0 Å². The highest BCUT2D eigenvalue weighted by Crippen LogP contribution is 1.98. The molecule has 0 radical (unpaired) electrons.